The average Bonchev–Trinajstić information content (AvgIpc) is 2.96. The highest BCUT2D eigenvalue weighted by Gasteiger charge is 2.43. The van der Waals surface area contributed by atoms with E-state index in [0.29, 0.717) is 11.4 Å². The number of fused-ring (bicyclic) bond motifs is 1. The predicted octanol–water partition coefficient (Wildman–Crippen LogP) is 1.40. The first-order chi connectivity index (χ1) is 10.5. The molecule has 6 heteroatoms. The van der Waals surface area contributed by atoms with Crippen molar-refractivity contribution < 1.29 is 15.0 Å². The molecule has 1 aliphatic rings. The Labute approximate surface area is 135 Å². The molecule has 1 heterocycles. The van der Waals surface area contributed by atoms with Crippen LogP contribution in [0.3, 0.4) is 0 Å². The number of aryl methyl sites for hydroxylation is 1. The number of aliphatic carboxylic acids is 1. The molecule has 0 radical (unpaired) electrons. The molecule has 2 unspecified atom stereocenters. The van der Waals surface area contributed by atoms with Crippen molar-refractivity contribution in [3.63, 3.8) is 0 Å². The Morgan fingerprint density at radius 1 is 1.55 bits per heavy atom. The number of carboxylic acids is 1. The summed E-state index contributed by atoms with van der Waals surface area (Å²) >= 11 is 1.57. The van der Waals surface area contributed by atoms with Crippen LogP contribution in [-0.2, 0) is 24.1 Å². The second-order valence-corrected chi connectivity index (χ2v) is 6.99. The molecule has 0 aromatic carbocycles. The van der Waals surface area contributed by atoms with Crippen molar-refractivity contribution in [2.24, 2.45) is 5.73 Å². The topological polar surface area (TPSA) is 96.4 Å². The van der Waals surface area contributed by atoms with Gasteiger partial charge in [0.25, 0.3) is 0 Å². The summed E-state index contributed by atoms with van der Waals surface area (Å²) in [7, 11) is 0. The quantitative estimate of drug-likeness (QED) is 0.626. The van der Waals surface area contributed by atoms with E-state index in [9.17, 15) is 15.0 Å². The lowest BCUT2D eigenvalue weighted by Crippen LogP contribution is -2.57. The molecule has 0 aliphatic heterocycles. The standard InChI is InChI=1S/C16H24N2O3S/c1-2-8-22-10-14(17)16(21,15(19)20)9-13-12-5-3-4-11(12)6-7-18-13/h6-7,14,21H,2-5,8-10,17H2,1H3,(H,19,20). The smallest absolute Gasteiger partial charge is 0.337 e. The summed E-state index contributed by atoms with van der Waals surface area (Å²) in [4.78, 5) is 15.9. The van der Waals surface area contributed by atoms with Crippen molar-refractivity contribution in [3.05, 3.63) is 29.1 Å². The van der Waals surface area contributed by atoms with Gasteiger partial charge in [0.05, 0.1) is 6.04 Å². The predicted molar refractivity (Wildman–Crippen MR) is 88.1 cm³/mol. The number of nitrogens with two attached hydrogens (primary N) is 1. The van der Waals surface area contributed by atoms with E-state index in [1.54, 1.807) is 18.0 Å². The number of hydrogen-bond acceptors (Lipinski definition) is 5. The number of hydrogen-bond donors (Lipinski definition) is 3. The van der Waals surface area contributed by atoms with Crippen LogP contribution in [0.2, 0.25) is 0 Å². The lowest BCUT2D eigenvalue weighted by atomic mass is 9.88. The van der Waals surface area contributed by atoms with Crippen LogP contribution in [0.4, 0.5) is 0 Å². The molecule has 1 aromatic rings. The van der Waals surface area contributed by atoms with Gasteiger partial charge in [-0.3, -0.25) is 4.98 Å². The normalized spacial score (nSPS) is 17.8. The molecule has 2 atom stereocenters. The van der Waals surface area contributed by atoms with Crippen LogP contribution in [0, 0.1) is 0 Å². The third-order valence-corrected chi connectivity index (χ3v) is 5.47. The maximum atomic E-state index is 11.6. The minimum absolute atomic E-state index is 0.0284. The van der Waals surface area contributed by atoms with Crippen molar-refractivity contribution in [2.75, 3.05) is 11.5 Å². The summed E-state index contributed by atoms with van der Waals surface area (Å²) in [5.41, 5.74) is 7.03. The van der Waals surface area contributed by atoms with Crippen molar-refractivity contribution in [3.8, 4) is 0 Å². The maximum absolute atomic E-state index is 11.6. The van der Waals surface area contributed by atoms with Gasteiger partial charge < -0.3 is 15.9 Å². The molecule has 1 aliphatic carbocycles. The van der Waals surface area contributed by atoms with Crippen LogP contribution >= 0.6 is 11.8 Å². The number of aliphatic hydroxyl groups is 1. The molecule has 122 valence electrons. The number of rotatable bonds is 8. The first kappa shape index (κ1) is 17.2. The molecule has 0 fully saturated rings. The zero-order valence-corrected chi connectivity index (χ0v) is 13.7. The van der Waals surface area contributed by atoms with Crippen LogP contribution in [-0.4, -0.2) is 44.3 Å². The Balaban J connectivity index is 2.18. The van der Waals surface area contributed by atoms with Gasteiger partial charge in [-0.25, -0.2) is 4.79 Å². The maximum Gasteiger partial charge on any atom is 0.337 e. The highest BCUT2D eigenvalue weighted by Crippen LogP contribution is 2.28. The molecular weight excluding hydrogens is 300 g/mol. The fourth-order valence-corrected chi connectivity index (χ4v) is 3.83. The number of pyridine rings is 1. The van der Waals surface area contributed by atoms with Crippen LogP contribution in [0.15, 0.2) is 12.3 Å². The summed E-state index contributed by atoms with van der Waals surface area (Å²) in [5, 5.41) is 20.2. The third-order valence-electron chi connectivity index (χ3n) is 4.18. The van der Waals surface area contributed by atoms with Gasteiger partial charge >= 0.3 is 5.97 Å². The molecule has 0 amide bonds. The number of aromatic nitrogens is 1. The molecule has 1 aromatic heterocycles. The third kappa shape index (κ3) is 3.62. The Morgan fingerprint density at radius 2 is 2.32 bits per heavy atom. The van der Waals surface area contributed by atoms with Gasteiger partial charge in [-0.05, 0) is 48.6 Å². The summed E-state index contributed by atoms with van der Waals surface area (Å²) < 4.78 is 0. The Bertz CT molecular complexity index is 538. The van der Waals surface area contributed by atoms with Gasteiger partial charge in [0.2, 0.25) is 0 Å². The molecule has 4 N–H and O–H groups in total. The van der Waals surface area contributed by atoms with E-state index in [-0.39, 0.29) is 6.42 Å². The number of thioether (sulfide) groups is 1. The van der Waals surface area contributed by atoms with Crippen LogP contribution in [0.1, 0.15) is 36.6 Å². The van der Waals surface area contributed by atoms with Crippen molar-refractivity contribution in [1.29, 1.82) is 0 Å². The van der Waals surface area contributed by atoms with Crippen molar-refractivity contribution >= 4 is 17.7 Å². The van der Waals surface area contributed by atoms with Gasteiger partial charge in [-0.2, -0.15) is 11.8 Å². The first-order valence-electron chi connectivity index (χ1n) is 7.73. The molecule has 5 nitrogen and oxygen atoms in total. The minimum Gasteiger partial charge on any atom is -0.479 e. The lowest BCUT2D eigenvalue weighted by molar-refractivity contribution is -0.160. The monoisotopic (exact) mass is 324 g/mol. The zero-order valence-electron chi connectivity index (χ0n) is 12.9. The Morgan fingerprint density at radius 3 is 3.00 bits per heavy atom. The molecule has 0 bridgehead atoms. The fourth-order valence-electron chi connectivity index (χ4n) is 2.84. The SMILES string of the molecule is CCCSCC(N)C(O)(Cc1nccc2c1CCC2)C(=O)O. The van der Waals surface area contributed by atoms with Gasteiger partial charge in [0, 0.05) is 24.1 Å². The summed E-state index contributed by atoms with van der Waals surface area (Å²) in [6.07, 6.45) is 5.61. The van der Waals surface area contributed by atoms with E-state index in [1.807, 2.05) is 6.07 Å². The molecule has 0 spiro atoms. The van der Waals surface area contributed by atoms with E-state index in [4.69, 9.17) is 5.73 Å². The van der Waals surface area contributed by atoms with Crippen LogP contribution < -0.4 is 5.73 Å². The van der Waals surface area contributed by atoms with E-state index >= 15 is 0 Å². The second-order valence-electron chi connectivity index (χ2n) is 5.84. The highest BCUT2D eigenvalue weighted by atomic mass is 32.2. The largest absolute Gasteiger partial charge is 0.479 e. The summed E-state index contributed by atoms with van der Waals surface area (Å²) in [6.45, 7) is 2.05. The van der Waals surface area contributed by atoms with E-state index in [2.05, 4.69) is 11.9 Å². The summed E-state index contributed by atoms with van der Waals surface area (Å²) in [5.74, 6) is 0.0584. The molecule has 2 rings (SSSR count). The average molecular weight is 324 g/mol. The van der Waals surface area contributed by atoms with E-state index in [1.165, 1.54) is 5.56 Å². The van der Waals surface area contributed by atoms with Crippen molar-refractivity contribution in [1.82, 2.24) is 4.98 Å². The first-order valence-corrected chi connectivity index (χ1v) is 8.89. The van der Waals surface area contributed by atoms with Crippen LogP contribution in [0.5, 0.6) is 0 Å². The molecular formula is C16H24N2O3S. The summed E-state index contributed by atoms with van der Waals surface area (Å²) in [6, 6.07) is 1.16. The fraction of sp³-hybridized carbons (Fsp3) is 0.625. The Kier molecular flexibility index (Phi) is 5.83. The zero-order chi connectivity index (χ0) is 16.2. The highest BCUT2D eigenvalue weighted by molar-refractivity contribution is 7.99. The molecule has 0 saturated carbocycles. The number of carboxylic acid groups (broad SMARTS) is 1. The van der Waals surface area contributed by atoms with E-state index < -0.39 is 17.6 Å². The molecule has 0 saturated heterocycles. The molecule has 22 heavy (non-hydrogen) atoms. The van der Waals surface area contributed by atoms with Crippen LogP contribution in [0.25, 0.3) is 0 Å². The van der Waals surface area contributed by atoms with Crippen molar-refractivity contribution in [2.45, 2.75) is 50.7 Å². The second kappa shape index (κ2) is 7.44. The van der Waals surface area contributed by atoms with E-state index in [0.717, 1.165) is 37.0 Å². The number of carbonyl (C=O) groups is 1. The van der Waals surface area contributed by atoms with Gasteiger partial charge in [0.1, 0.15) is 0 Å². The Hall–Kier alpha value is -1.11. The van der Waals surface area contributed by atoms with Gasteiger partial charge in [-0.1, -0.05) is 6.92 Å². The van der Waals surface area contributed by atoms with Gasteiger partial charge in [-0.15, -0.1) is 0 Å². The minimum atomic E-state index is -1.97. The lowest BCUT2D eigenvalue weighted by Gasteiger charge is -2.30. The van der Waals surface area contributed by atoms with Gasteiger partial charge in [0.15, 0.2) is 5.60 Å². The number of nitrogens with zero attached hydrogens (tertiary/aromatic N) is 1.